The Labute approximate surface area is 150 Å². The Kier molecular flexibility index (Phi) is 5.74. The van der Waals surface area contributed by atoms with E-state index >= 15 is 0 Å². The van der Waals surface area contributed by atoms with Crippen molar-refractivity contribution in [1.82, 2.24) is 10.2 Å². The molecular formula is C17H22BrClN2O2. The van der Waals surface area contributed by atoms with Crippen LogP contribution in [0.25, 0.3) is 0 Å². The molecule has 0 aromatic heterocycles. The van der Waals surface area contributed by atoms with Crippen molar-refractivity contribution in [3.05, 3.63) is 33.3 Å². The Balaban J connectivity index is 2.01. The molecule has 2 rings (SSSR count). The topological polar surface area (TPSA) is 49.4 Å². The maximum Gasteiger partial charge on any atom is 0.243 e. The number of carbonyl (C=O) groups excluding carboxylic acids is 2. The number of rotatable bonds is 3. The first-order chi connectivity index (χ1) is 10.7. The molecule has 1 fully saturated rings. The van der Waals surface area contributed by atoms with Gasteiger partial charge >= 0.3 is 0 Å². The second-order valence-electron chi connectivity index (χ2n) is 6.86. The first-order valence-corrected chi connectivity index (χ1v) is 8.90. The molecule has 126 valence electrons. The molecule has 1 saturated heterocycles. The molecular weight excluding hydrogens is 380 g/mol. The molecule has 1 unspecified atom stereocenters. The maximum atomic E-state index is 12.5. The fraction of sp³-hybridized carbons (Fsp3) is 0.529. The monoisotopic (exact) mass is 400 g/mol. The molecule has 1 atom stereocenters. The molecule has 1 aliphatic heterocycles. The third-order valence-corrected chi connectivity index (χ3v) is 4.77. The average molecular weight is 402 g/mol. The third kappa shape index (κ3) is 4.48. The van der Waals surface area contributed by atoms with Crippen molar-refractivity contribution in [1.29, 1.82) is 0 Å². The Hall–Kier alpha value is -1.07. The normalized spacial score (nSPS) is 18.1. The molecule has 23 heavy (non-hydrogen) atoms. The van der Waals surface area contributed by atoms with Gasteiger partial charge in [-0.3, -0.25) is 9.59 Å². The number of hydrogen-bond acceptors (Lipinski definition) is 2. The van der Waals surface area contributed by atoms with Crippen LogP contribution >= 0.6 is 27.5 Å². The van der Waals surface area contributed by atoms with Crippen LogP contribution in [0.3, 0.4) is 0 Å². The molecule has 1 N–H and O–H groups in total. The van der Waals surface area contributed by atoms with E-state index in [1.807, 2.05) is 32.9 Å². The van der Waals surface area contributed by atoms with Gasteiger partial charge in [0.25, 0.3) is 0 Å². The lowest BCUT2D eigenvalue weighted by Gasteiger charge is -2.30. The van der Waals surface area contributed by atoms with E-state index in [2.05, 4.69) is 21.2 Å². The Morgan fingerprint density at radius 3 is 2.70 bits per heavy atom. The van der Waals surface area contributed by atoms with Gasteiger partial charge in [-0.25, -0.2) is 0 Å². The number of hydrogen-bond donors (Lipinski definition) is 1. The van der Waals surface area contributed by atoms with Crippen LogP contribution < -0.4 is 5.32 Å². The van der Waals surface area contributed by atoms with E-state index in [0.29, 0.717) is 24.5 Å². The van der Waals surface area contributed by atoms with E-state index < -0.39 is 5.41 Å². The van der Waals surface area contributed by atoms with Gasteiger partial charge in [-0.2, -0.15) is 0 Å². The summed E-state index contributed by atoms with van der Waals surface area (Å²) in [5.41, 5.74) is 0.382. The summed E-state index contributed by atoms with van der Waals surface area (Å²) in [6, 6.07) is 5.18. The lowest BCUT2D eigenvalue weighted by molar-refractivity contribution is -0.144. The number of likely N-dealkylation sites (tertiary alicyclic amines) is 1. The van der Waals surface area contributed by atoms with Gasteiger partial charge in [0.2, 0.25) is 11.8 Å². The minimum absolute atomic E-state index is 0.0248. The lowest BCUT2D eigenvalue weighted by atomic mass is 9.94. The van der Waals surface area contributed by atoms with E-state index in [-0.39, 0.29) is 17.9 Å². The molecule has 0 bridgehead atoms. The summed E-state index contributed by atoms with van der Waals surface area (Å²) in [4.78, 5) is 26.7. The van der Waals surface area contributed by atoms with Crippen LogP contribution in [0.15, 0.2) is 22.7 Å². The van der Waals surface area contributed by atoms with Gasteiger partial charge in [0.05, 0.1) is 0 Å². The second kappa shape index (κ2) is 7.22. The zero-order chi connectivity index (χ0) is 17.2. The molecule has 1 heterocycles. The predicted octanol–water partition coefficient (Wildman–Crippen LogP) is 3.76. The smallest absolute Gasteiger partial charge is 0.243 e. The summed E-state index contributed by atoms with van der Waals surface area (Å²) in [5, 5.41) is 3.51. The number of amides is 2. The summed E-state index contributed by atoms with van der Waals surface area (Å²) >= 11 is 9.52. The molecule has 2 amide bonds. The summed E-state index contributed by atoms with van der Waals surface area (Å²) < 4.78 is 0.898. The van der Waals surface area contributed by atoms with Crippen molar-refractivity contribution in [2.24, 2.45) is 5.41 Å². The Bertz CT molecular complexity index is 613. The molecule has 1 aromatic rings. The van der Waals surface area contributed by atoms with Crippen molar-refractivity contribution in [3.8, 4) is 0 Å². The van der Waals surface area contributed by atoms with Gasteiger partial charge in [-0.05, 0) is 30.5 Å². The van der Waals surface area contributed by atoms with Gasteiger partial charge in [0.15, 0.2) is 0 Å². The third-order valence-electron chi connectivity index (χ3n) is 3.93. The SMILES string of the molecule is CC(C)(C)C(=O)N1CCCC1C(=O)NCc1ccc(Br)cc1Cl. The highest BCUT2D eigenvalue weighted by molar-refractivity contribution is 9.10. The number of carbonyl (C=O) groups is 2. The molecule has 0 radical (unpaired) electrons. The molecule has 0 spiro atoms. The summed E-state index contributed by atoms with van der Waals surface area (Å²) in [6.07, 6.45) is 1.57. The molecule has 0 saturated carbocycles. The van der Waals surface area contributed by atoms with E-state index in [0.717, 1.165) is 16.5 Å². The molecule has 4 nitrogen and oxygen atoms in total. The van der Waals surface area contributed by atoms with Crippen LogP contribution in [-0.4, -0.2) is 29.3 Å². The van der Waals surface area contributed by atoms with E-state index in [1.165, 1.54) is 0 Å². The van der Waals surface area contributed by atoms with Crippen molar-refractivity contribution < 1.29 is 9.59 Å². The van der Waals surface area contributed by atoms with Crippen LogP contribution in [0.4, 0.5) is 0 Å². The van der Waals surface area contributed by atoms with Gasteiger partial charge in [0, 0.05) is 28.0 Å². The zero-order valence-electron chi connectivity index (χ0n) is 13.7. The highest BCUT2D eigenvalue weighted by atomic mass is 79.9. The van der Waals surface area contributed by atoms with Crippen LogP contribution in [0.2, 0.25) is 5.02 Å². The fourth-order valence-electron chi connectivity index (χ4n) is 2.68. The van der Waals surface area contributed by atoms with Crippen molar-refractivity contribution in [3.63, 3.8) is 0 Å². The molecule has 1 aliphatic rings. The van der Waals surface area contributed by atoms with E-state index in [9.17, 15) is 9.59 Å². The molecule has 6 heteroatoms. The summed E-state index contributed by atoms with van der Waals surface area (Å²) in [6.45, 7) is 6.64. The fourth-order valence-corrected chi connectivity index (χ4v) is 3.42. The highest BCUT2D eigenvalue weighted by Crippen LogP contribution is 2.26. The average Bonchev–Trinajstić information content (AvgIpc) is 2.93. The minimum atomic E-state index is -0.474. The zero-order valence-corrected chi connectivity index (χ0v) is 16.0. The first kappa shape index (κ1) is 18.3. The Morgan fingerprint density at radius 1 is 1.39 bits per heavy atom. The lowest BCUT2D eigenvalue weighted by Crippen LogP contribution is -2.49. The predicted molar refractivity (Wildman–Crippen MR) is 95.2 cm³/mol. The highest BCUT2D eigenvalue weighted by Gasteiger charge is 2.38. The van der Waals surface area contributed by atoms with Crippen LogP contribution in [-0.2, 0) is 16.1 Å². The van der Waals surface area contributed by atoms with Crippen molar-refractivity contribution in [2.45, 2.75) is 46.2 Å². The number of nitrogens with one attached hydrogen (secondary N) is 1. The van der Waals surface area contributed by atoms with Crippen LogP contribution in [0, 0.1) is 5.41 Å². The van der Waals surface area contributed by atoms with E-state index in [4.69, 9.17) is 11.6 Å². The van der Waals surface area contributed by atoms with Crippen molar-refractivity contribution >= 4 is 39.3 Å². The number of benzene rings is 1. The molecule has 1 aromatic carbocycles. The number of halogens is 2. The largest absolute Gasteiger partial charge is 0.350 e. The Morgan fingerprint density at radius 2 is 2.09 bits per heavy atom. The summed E-state index contributed by atoms with van der Waals surface area (Å²) in [7, 11) is 0. The van der Waals surface area contributed by atoms with Gasteiger partial charge in [0.1, 0.15) is 6.04 Å². The van der Waals surface area contributed by atoms with Gasteiger partial charge in [-0.15, -0.1) is 0 Å². The first-order valence-electron chi connectivity index (χ1n) is 7.73. The van der Waals surface area contributed by atoms with E-state index in [1.54, 1.807) is 11.0 Å². The second-order valence-corrected chi connectivity index (χ2v) is 8.18. The molecule has 0 aliphatic carbocycles. The van der Waals surface area contributed by atoms with Gasteiger partial charge < -0.3 is 10.2 Å². The minimum Gasteiger partial charge on any atom is -0.350 e. The van der Waals surface area contributed by atoms with Gasteiger partial charge in [-0.1, -0.05) is 54.4 Å². The number of nitrogens with zero attached hydrogens (tertiary/aromatic N) is 1. The summed E-state index contributed by atoms with van der Waals surface area (Å²) in [5.74, 6) is -0.0871. The maximum absolute atomic E-state index is 12.5. The standard InChI is InChI=1S/C17H22BrClN2O2/c1-17(2,3)16(23)21-8-4-5-14(21)15(22)20-10-11-6-7-12(18)9-13(11)19/h6-7,9,14H,4-5,8,10H2,1-3H3,(H,20,22). The van der Waals surface area contributed by atoms with Crippen LogP contribution in [0.5, 0.6) is 0 Å². The van der Waals surface area contributed by atoms with Crippen LogP contribution in [0.1, 0.15) is 39.2 Å². The quantitative estimate of drug-likeness (QED) is 0.838. The van der Waals surface area contributed by atoms with Crippen molar-refractivity contribution in [2.75, 3.05) is 6.54 Å².